The number of carbonyl (C=O) groups excluding carboxylic acids is 4. The molecule has 0 atom stereocenters. The minimum atomic E-state index is -0.833. The van der Waals surface area contributed by atoms with E-state index in [1.165, 1.54) is 13.2 Å². The lowest BCUT2D eigenvalue weighted by molar-refractivity contribution is -0.122. The predicted molar refractivity (Wildman–Crippen MR) is 123 cm³/mol. The van der Waals surface area contributed by atoms with Crippen molar-refractivity contribution in [1.29, 1.82) is 0 Å². The molecule has 1 aliphatic heterocycles. The summed E-state index contributed by atoms with van der Waals surface area (Å²) in [6, 6.07) is 14.0. The molecule has 0 saturated carbocycles. The van der Waals surface area contributed by atoms with E-state index >= 15 is 0 Å². The SMILES string of the molecule is COC(=O)c1ccc(C)c(-c2ccc(/C=C3\C(=O)NC(=O)N(c4ccc(Br)cc4)C3=O)o2)c1. The van der Waals surface area contributed by atoms with Gasteiger partial charge in [0.1, 0.15) is 17.1 Å². The van der Waals surface area contributed by atoms with Crippen molar-refractivity contribution in [1.82, 2.24) is 5.32 Å². The normalized spacial score (nSPS) is 15.1. The van der Waals surface area contributed by atoms with Crippen LogP contribution in [-0.4, -0.2) is 30.9 Å². The van der Waals surface area contributed by atoms with Gasteiger partial charge in [0.05, 0.1) is 18.4 Å². The Bertz CT molecular complexity index is 1320. The maximum atomic E-state index is 13.0. The molecule has 1 aliphatic rings. The van der Waals surface area contributed by atoms with Crippen molar-refractivity contribution in [2.75, 3.05) is 12.0 Å². The molecule has 166 valence electrons. The molecule has 8 nitrogen and oxygen atoms in total. The van der Waals surface area contributed by atoms with Gasteiger partial charge < -0.3 is 9.15 Å². The molecule has 2 heterocycles. The van der Waals surface area contributed by atoms with Crippen LogP contribution in [0.2, 0.25) is 0 Å². The van der Waals surface area contributed by atoms with Gasteiger partial charge in [0.2, 0.25) is 0 Å². The minimum absolute atomic E-state index is 0.233. The number of halogens is 1. The Labute approximate surface area is 197 Å². The third-order valence-electron chi connectivity index (χ3n) is 5.02. The zero-order valence-electron chi connectivity index (χ0n) is 17.5. The number of furan rings is 1. The first-order valence-corrected chi connectivity index (χ1v) is 10.5. The molecular formula is C24H17BrN2O6. The van der Waals surface area contributed by atoms with Crippen molar-refractivity contribution in [2.24, 2.45) is 0 Å². The van der Waals surface area contributed by atoms with E-state index in [1.54, 1.807) is 54.6 Å². The van der Waals surface area contributed by atoms with Crippen molar-refractivity contribution < 1.29 is 28.3 Å². The third kappa shape index (κ3) is 4.35. The number of rotatable bonds is 4. The summed E-state index contributed by atoms with van der Waals surface area (Å²) in [5.41, 5.74) is 1.94. The summed E-state index contributed by atoms with van der Waals surface area (Å²) in [6.07, 6.45) is 1.28. The van der Waals surface area contributed by atoms with E-state index in [4.69, 9.17) is 9.15 Å². The number of hydrogen-bond donors (Lipinski definition) is 1. The van der Waals surface area contributed by atoms with Crippen LogP contribution in [0.5, 0.6) is 0 Å². The van der Waals surface area contributed by atoms with Gasteiger partial charge in [0.25, 0.3) is 11.8 Å². The van der Waals surface area contributed by atoms with E-state index in [9.17, 15) is 19.2 Å². The number of amides is 4. The van der Waals surface area contributed by atoms with E-state index < -0.39 is 23.8 Å². The number of carbonyl (C=O) groups is 4. The summed E-state index contributed by atoms with van der Waals surface area (Å²) >= 11 is 3.30. The Morgan fingerprint density at radius 2 is 1.79 bits per heavy atom. The molecule has 0 bridgehead atoms. The Morgan fingerprint density at radius 1 is 1.06 bits per heavy atom. The first-order valence-electron chi connectivity index (χ1n) is 9.74. The molecule has 1 saturated heterocycles. The number of nitrogens with one attached hydrogen (secondary N) is 1. The van der Waals surface area contributed by atoms with Crippen LogP contribution in [0, 0.1) is 6.92 Å². The molecule has 2 aromatic carbocycles. The summed E-state index contributed by atoms with van der Waals surface area (Å²) in [5, 5.41) is 2.17. The van der Waals surface area contributed by atoms with Crippen LogP contribution in [0.15, 0.2) is 69.1 Å². The molecule has 0 spiro atoms. The predicted octanol–water partition coefficient (Wildman–Crippen LogP) is 4.47. The quantitative estimate of drug-likeness (QED) is 0.316. The van der Waals surface area contributed by atoms with E-state index in [0.717, 1.165) is 14.9 Å². The number of anilines is 1. The summed E-state index contributed by atoms with van der Waals surface area (Å²) in [7, 11) is 1.30. The lowest BCUT2D eigenvalue weighted by Gasteiger charge is -2.26. The average molecular weight is 509 g/mol. The molecule has 9 heteroatoms. The Hall–Kier alpha value is -3.98. The Kier molecular flexibility index (Phi) is 5.97. The smallest absolute Gasteiger partial charge is 0.337 e. The summed E-state index contributed by atoms with van der Waals surface area (Å²) < 4.78 is 11.4. The second-order valence-electron chi connectivity index (χ2n) is 7.16. The maximum absolute atomic E-state index is 13.0. The topological polar surface area (TPSA) is 106 Å². The van der Waals surface area contributed by atoms with Crippen LogP contribution in [0.1, 0.15) is 21.7 Å². The molecule has 0 aliphatic carbocycles. The summed E-state index contributed by atoms with van der Waals surface area (Å²) in [5.74, 6) is -1.40. The molecule has 4 rings (SSSR count). The number of nitrogens with zero attached hydrogens (tertiary/aromatic N) is 1. The molecular weight excluding hydrogens is 492 g/mol. The number of ether oxygens (including phenoxy) is 1. The highest BCUT2D eigenvalue weighted by Crippen LogP contribution is 2.29. The number of hydrogen-bond acceptors (Lipinski definition) is 6. The first kappa shape index (κ1) is 22.2. The molecule has 3 aromatic rings. The number of barbiturate groups is 1. The van der Waals surface area contributed by atoms with Crippen LogP contribution in [0.3, 0.4) is 0 Å². The maximum Gasteiger partial charge on any atom is 0.337 e. The fourth-order valence-electron chi connectivity index (χ4n) is 3.33. The van der Waals surface area contributed by atoms with Crippen LogP contribution in [-0.2, 0) is 14.3 Å². The molecule has 0 unspecified atom stereocenters. The van der Waals surface area contributed by atoms with Gasteiger partial charge in [-0.3, -0.25) is 14.9 Å². The van der Waals surface area contributed by atoms with Gasteiger partial charge in [-0.05, 0) is 67.1 Å². The number of methoxy groups -OCH3 is 1. The first-order chi connectivity index (χ1) is 15.8. The zero-order chi connectivity index (χ0) is 23.7. The van der Waals surface area contributed by atoms with Crippen molar-refractivity contribution in [3.63, 3.8) is 0 Å². The van der Waals surface area contributed by atoms with Gasteiger partial charge in [-0.2, -0.15) is 0 Å². The van der Waals surface area contributed by atoms with Gasteiger partial charge in [0, 0.05) is 10.0 Å². The highest BCUT2D eigenvalue weighted by atomic mass is 79.9. The number of imide groups is 2. The van der Waals surface area contributed by atoms with Gasteiger partial charge >= 0.3 is 12.0 Å². The number of aryl methyl sites for hydroxylation is 1. The van der Waals surface area contributed by atoms with Gasteiger partial charge in [0.15, 0.2) is 0 Å². The number of benzene rings is 2. The minimum Gasteiger partial charge on any atom is -0.465 e. The van der Waals surface area contributed by atoms with E-state index in [0.29, 0.717) is 22.6 Å². The van der Waals surface area contributed by atoms with Gasteiger partial charge in [-0.15, -0.1) is 0 Å². The van der Waals surface area contributed by atoms with Crippen LogP contribution in [0.4, 0.5) is 10.5 Å². The van der Waals surface area contributed by atoms with Crippen LogP contribution in [0.25, 0.3) is 17.4 Å². The van der Waals surface area contributed by atoms with E-state index in [1.807, 2.05) is 6.92 Å². The van der Waals surface area contributed by atoms with Crippen molar-refractivity contribution in [3.8, 4) is 11.3 Å². The fraction of sp³-hybridized carbons (Fsp3) is 0.0833. The lowest BCUT2D eigenvalue weighted by Crippen LogP contribution is -2.54. The van der Waals surface area contributed by atoms with Crippen LogP contribution < -0.4 is 10.2 Å². The highest BCUT2D eigenvalue weighted by Gasteiger charge is 2.37. The Balaban J connectivity index is 1.68. The van der Waals surface area contributed by atoms with Crippen molar-refractivity contribution in [3.05, 3.63) is 81.5 Å². The molecule has 0 radical (unpaired) electrons. The Morgan fingerprint density at radius 3 is 2.48 bits per heavy atom. The lowest BCUT2D eigenvalue weighted by atomic mass is 10.0. The van der Waals surface area contributed by atoms with E-state index in [-0.39, 0.29) is 11.3 Å². The van der Waals surface area contributed by atoms with Crippen molar-refractivity contribution in [2.45, 2.75) is 6.92 Å². The molecule has 4 amide bonds. The largest absolute Gasteiger partial charge is 0.465 e. The zero-order valence-corrected chi connectivity index (χ0v) is 19.1. The average Bonchev–Trinajstić information content (AvgIpc) is 3.26. The summed E-state index contributed by atoms with van der Waals surface area (Å²) in [6.45, 7) is 1.86. The molecule has 1 N–H and O–H groups in total. The molecule has 1 fully saturated rings. The van der Waals surface area contributed by atoms with Crippen molar-refractivity contribution >= 4 is 51.5 Å². The van der Waals surface area contributed by atoms with Crippen LogP contribution >= 0.6 is 15.9 Å². The molecule has 33 heavy (non-hydrogen) atoms. The van der Waals surface area contributed by atoms with Gasteiger partial charge in [-0.1, -0.05) is 22.0 Å². The standard InChI is InChI=1S/C24H17BrN2O6/c1-13-3-4-14(23(30)32-2)11-18(13)20-10-9-17(33-20)12-19-21(28)26-24(31)27(22(19)29)16-7-5-15(25)6-8-16/h3-12H,1-2H3,(H,26,28,31)/b19-12+. The number of urea groups is 1. The number of esters is 1. The second-order valence-corrected chi connectivity index (χ2v) is 8.07. The third-order valence-corrected chi connectivity index (χ3v) is 5.55. The monoisotopic (exact) mass is 508 g/mol. The fourth-order valence-corrected chi connectivity index (χ4v) is 3.60. The summed E-state index contributed by atoms with van der Waals surface area (Å²) in [4.78, 5) is 50.4. The van der Waals surface area contributed by atoms with E-state index in [2.05, 4.69) is 21.2 Å². The molecule has 1 aromatic heterocycles. The second kappa shape index (κ2) is 8.87. The highest BCUT2D eigenvalue weighted by molar-refractivity contribution is 9.10. The van der Waals surface area contributed by atoms with Gasteiger partial charge in [-0.25, -0.2) is 14.5 Å².